The first-order valence-corrected chi connectivity index (χ1v) is 10.4. The molecule has 12 heteroatoms. The van der Waals surface area contributed by atoms with Gasteiger partial charge < -0.3 is 11.1 Å². The number of halogens is 3. The lowest BCUT2D eigenvalue weighted by molar-refractivity contribution is -0.137. The predicted molar refractivity (Wildman–Crippen MR) is 121 cm³/mol. The molecular formula is C23H20F3N7O2. The van der Waals surface area contributed by atoms with E-state index < -0.39 is 29.2 Å². The maximum absolute atomic E-state index is 13.1. The average Bonchev–Trinajstić information content (AvgIpc) is 3.24. The number of aromatic nitrogens is 5. The number of alkyl halides is 3. The van der Waals surface area contributed by atoms with E-state index >= 15 is 0 Å². The minimum atomic E-state index is -4.58. The highest BCUT2D eigenvalue weighted by Crippen LogP contribution is 2.32. The van der Waals surface area contributed by atoms with Crippen LogP contribution in [0.15, 0.2) is 65.6 Å². The monoisotopic (exact) mass is 483 g/mol. The van der Waals surface area contributed by atoms with Gasteiger partial charge in [0.15, 0.2) is 0 Å². The standard InChI is InChI=1S/C23H20F3N7O2/c1-13-12-28-31-32(13)18-4-3-5-19(11-18)33-21(34)7-6-20(30-33)22(35)29-14(2)15-8-16(23(24,25)26)10-17(27)9-15/h3-12,14H,27H2,1-2H3,(H,29,35)/t14-/m1/s1. The molecule has 0 fully saturated rings. The Bertz CT molecular complexity index is 1460. The fourth-order valence-corrected chi connectivity index (χ4v) is 3.46. The van der Waals surface area contributed by atoms with Crippen LogP contribution in [-0.4, -0.2) is 30.7 Å². The first-order valence-electron chi connectivity index (χ1n) is 10.4. The van der Waals surface area contributed by atoms with Crippen LogP contribution >= 0.6 is 0 Å². The summed E-state index contributed by atoms with van der Waals surface area (Å²) in [6.07, 6.45) is -2.99. The van der Waals surface area contributed by atoms with Gasteiger partial charge in [0.05, 0.1) is 34.9 Å². The van der Waals surface area contributed by atoms with Crippen molar-refractivity contribution in [3.8, 4) is 11.4 Å². The Kier molecular flexibility index (Phi) is 6.12. The molecule has 35 heavy (non-hydrogen) atoms. The van der Waals surface area contributed by atoms with Crippen LogP contribution in [-0.2, 0) is 6.18 Å². The molecule has 1 atom stereocenters. The fraction of sp³-hybridized carbons (Fsp3) is 0.174. The fourth-order valence-electron chi connectivity index (χ4n) is 3.46. The SMILES string of the molecule is Cc1cnnn1-c1cccc(-n2nc(C(=O)N[C@H](C)c3cc(N)cc(C(F)(F)F)c3)ccc2=O)c1. The largest absolute Gasteiger partial charge is 0.416 e. The quantitative estimate of drug-likeness (QED) is 0.421. The molecule has 3 N–H and O–H groups in total. The number of hydrogen-bond donors (Lipinski definition) is 2. The van der Waals surface area contributed by atoms with Gasteiger partial charge in [-0.25, -0.2) is 4.68 Å². The van der Waals surface area contributed by atoms with E-state index in [1.807, 2.05) is 6.92 Å². The van der Waals surface area contributed by atoms with Crippen molar-refractivity contribution in [2.75, 3.05) is 5.73 Å². The molecule has 4 aromatic rings. The minimum Gasteiger partial charge on any atom is -0.399 e. The molecule has 1 amide bonds. The highest BCUT2D eigenvalue weighted by Gasteiger charge is 2.31. The van der Waals surface area contributed by atoms with Gasteiger partial charge in [-0.3, -0.25) is 9.59 Å². The number of anilines is 1. The van der Waals surface area contributed by atoms with Crippen LogP contribution in [0.4, 0.5) is 18.9 Å². The number of carbonyl (C=O) groups is 1. The van der Waals surface area contributed by atoms with E-state index in [9.17, 15) is 22.8 Å². The third kappa shape index (κ3) is 5.05. The third-order valence-corrected chi connectivity index (χ3v) is 5.22. The molecule has 2 aromatic heterocycles. The van der Waals surface area contributed by atoms with Crippen molar-refractivity contribution < 1.29 is 18.0 Å². The number of nitrogens with two attached hydrogens (primary N) is 1. The van der Waals surface area contributed by atoms with E-state index in [-0.39, 0.29) is 16.9 Å². The highest BCUT2D eigenvalue weighted by atomic mass is 19.4. The number of nitrogens with one attached hydrogen (secondary N) is 1. The van der Waals surface area contributed by atoms with Crippen LogP contribution in [0.1, 0.15) is 40.3 Å². The van der Waals surface area contributed by atoms with Gasteiger partial charge in [0, 0.05) is 11.8 Å². The number of aryl methyl sites for hydroxylation is 1. The van der Waals surface area contributed by atoms with E-state index in [2.05, 4.69) is 20.7 Å². The summed E-state index contributed by atoms with van der Waals surface area (Å²) in [5.41, 5.74) is 6.02. The summed E-state index contributed by atoms with van der Waals surface area (Å²) in [7, 11) is 0. The summed E-state index contributed by atoms with van der Waals surface area (Å²) in [5, 5.41) is 14.6. The zero-order valence-corrected chi connectivity index (χ0v) is 18.6. The number of hydrogen-bond acceptors (Lipinski definition) is 6. The Morgan fingerprint density at radius 3 is 2.43 bits per heavy atom. The van der Waals surface area contributed by atoms with Crippen molar-refractivity contribution in [1.82, 2.24) is 30.1 Å². The lowest BCUT2D eigenvalue weighted by atomic mass is 10.0. The third-order valence-electron chi connectivity index (χ3n) is 5.22. The molecule has 4 rings (SSSR count). The van der Waals surface area contributed by atoms with Gasteiger partial charge in [0.1, 0.15) is 5.69 Å². The van der Waals surface area contributed by atoms with Crippen LogP contribution in [0.25, 0.3) is 11.4 Å². The molecule has 0 bridgehead atoms. The van der Waals surface area contributed by atoms with E-state index in [0.717, 1.165) is 22.5 Å². The van der Waals surface area contributed by atoms with Gasteiger partial charge in [-0.2, -0.15) is 23.0 Å². The van der Waals surface area contributed by atoms with Crippen molar-refractivity contribution in [3.63, 3.8) is 0 Å². The topological polar surface area (TPSA) is 121 Å². The van der Waals surface area contributed by atoms with Gasteiger partial charge in [0.25, 0.3) is 11.5 Å². The van der Waals surface area contributed by atoms with Gasteiger partial charge in [-0.1, -0.05) is 11.3 Å². The van der Waals surface area contributed by atoms with Crippen molar-refractivity contribution >= 4 is 11.6 Å². The summed E-state index contributed by atoms with van der Waals surface area (Å²) >= 11 is 0. The second kappa shape index (κ2) is 9.05. The number of nitrogens with zero attached hydrogens (tertiary/aromatic N) is 5. The molecule has 180 valence electrons. The van der Waals surface area contributed by atoms with Crippen LogP contribution in [0.5, 0.6) is 0 Å². The highest BCUT2D eigenvalue weighted by molar-refractivity contribution is 5.92. The average molecular weight is 483 g/mol. The first-order chi connectivity index (χ1) is 16.5. The molecule has 0 unspecified atom stereocenters. The molecule has 9 nitrogen and oxygen atoms in total. The van der Waals surface area contributed by atoms with Crippen LogP contribution < -0.4 is 16.6 Å². The van der Waals surface area contributed by atoms with Gasteiger partial charge in [0.2, 0.25) is 0 Å². The Hall–Kier alpha value is -4.48. The number of carbonyl (C=O) groups excluding carboxylic acids is 1. The molecule has 0 spiro atoms. The van der Waals surface area contributed by atoms with Gasteiger partial charge in [-0.15, -0.1) is 5.10 Å². The zero-order valence-electron chi connectivity index (χ0n) is 18.6. The van der Waals surface area contributed by atoms with Gasteiger partial charge in [-0.05, 0) is 61.9 Å². The van der Waals surface area contributed by atoms with Crippen LogP contribution in [0, 0.1) is 6.92 Å². The van der Waals surface area contributed by atoms with Crippen LogP contribution in [0.3, 0.4) is 0 Å². The first kappa shape index (κ1) is 23.7. The predicted octanol–water partition coefficient (Wildman–Crippen LogP) is 3.21. The maximum atomic E-state index is 13.1. The molecular weight excluding hydrogens is 463 g/mol. The molecule has 2 heterocycles. The molecule has 0 saturated carbocycles. The number of amides is 1. The molecule has 0 aliphatic carbocycles. The second-order valence-corrected chi connectivity index (χ2v) is 7.86. The number of benzene rings is 2. The van der Waals surface area contributed by atoms with E-state index in [1.54, 1.807) is 35.1 Å². The van der Waals surface area contributed by atoms with Crippen molar-refractivity contribution in [2.24, 2.45) is 0 Å². The minimum absolute atomic E-state index is 0.0786. The van der Waals surface area contributed by atoms with Crippen molar-refractivity contribution in [3.05, 3.63) is 93.7 Å². The van der Waals surface area contributed by atoms with E-state index in [1.165, 1.54) is 25.1 Å². The maximum Gasteiger partial charge on any atom is 0.416 e. The van der Waals surface area contributed by atoms with E-state index in [4.69, 9.17) is 5.73 Å². The van der Waals surface area contributed by atoms with Crippen LogP contribution in [0.2, 0.25) is 0 Å². The molecule has 2 aromatic carbocycles. The Morgan fingerprint density at radius 1 is 1.06 bits per heavy atom. The molecule has 0 aliphatic rings. The summed E-state index contributed by atoms with van der Waals surface area (Å²) in [4.78, 5) is 25.3. The smallest absolute Gasteiger partial charge is 0.399 e. The summed E-state index contributed by atoms with van der Waals surface area (Å²) < 4.78 is 42.0. The lowest BCUT2D eigenvalue weighted by Gasteiger charge is -2.17. The summed E-state index contributed by atoms with van der Waals surface area (Å²) in [6.45, 7) is 3.34. The second-order valence-electron chi connectivity index (χ2n) is 7.86. The lowest BCUT2D eigenvalue weighted by Crippen LogP contribution is -2.31. The summed E-state index contributed by atoms with van der Waals surface area (Å²) in [5.74, 6) is -0.675. The van der Waals surface area contributed by atoms with Gasteiger partial charge >= 0.3 is 6.18 Å². The zero-order chi connectivity index (χ0) is 25.3. The Balaban J connectivity index is 1.61. The Labute approximate surface area is 197 Å². The molecule has 0 saturated heterocycles. The normalized spacial score (nSPS) is 12.4. The van der Waals surface area contributed by atoms with E-state index in [0.29, 0.717) is 11.4 Å². The number of rotatable bonds is 5. The molecule has 0 radical (unpaired) electrons. The van der Waals surface area contributed by atoms with Crippen molar-refractivity contribution in [1.29, 1.82) is 0 Å². The van der Waals surface area contributed by atoms with Crippen molar-refractivity contribution in [2.45, 2.75) is 26.1 Å². The Morgan fingerprint density at radius 2 is 1.77 bits per heavy atom. The summed E-state index contributed by atoms with van der Waals surface area (Å²) in [6, 6.07) is 11.5. The molecule has 0 aliphatic heterocycles. The number of nitrogen functional groups attached to an aromatic ring is 1.